The summed E-state index contributed by atoms with van der Waals surface area (Å²) in [5.41, 5.74) is 1.29. The smallest absolute Gasteiger partial charge is 0.340 e. The van der Waals surface area contributed by atoms with E-state index in [2.05, 4.69) is 25.1 Å². The molecule has 0 fully saturated rings. The van der Waals surface area contributed by atoms with E-state index in [1.807, 2.05) is 30.3 Å². The number of nitrogens with zero attached hydrogens (tertiary/aromatic N) is 4. The topological polar surface area (TPSA) is 101 Å². The number of halogens is 4. The lowest BCUT2D eigenvalue weighted by atomic mass is 10.1. The van der Waals surface area contributed by atoms with Gasteiger partial charge in [0.15, 0.2) is 0 Å². The predicted molar refractivity (Wildman–Crippen MR) is 132 cm³/mol. The summed E-state index contributed by atoms with van der Waals surface area (Å²) in [5.74, 6) is -1.32. The number of alkyl halides is 3. The van der Waals surface area contributed by atoms with E-state index in [1.165, 1.54) is 30.3 Å². The van der Waals surface area contributed by atoms with Gasteiger partial charge in [0, 0.05) is 23.1 Å². The van der Waals surface area contributed by atoms with Crippen LogP contribution in [0.5, 0.6) is 0 Å². The SMILES string of the molecule is Cc1cc(Nc2ccc(S(=O)(=O)Nc3ccc4ccccc4c3)cc2)n2nc(C(F)(F)F)nc2n1.Cl. The first-order valence-electron chi connectivity index (χ1n) is 10.3. The van der Waals surface area contributed by atoms with E-state index in [4.69, 9.17) is 0 Å². The lowest BCUT2D eigenvalue weighted by Gasteiger charge is -2.11. The molecule has 5 rings (SSSR count). The Kier molecular flexibility index (Phi) is 6.50. The van der Waals surface area contributed by atoms with Crippen LogP contribution < -0.4 is 10.0 Å². The molecule has 8 nitrogen and oxygen atoms in total. The standard InChI is InChI=1S/C23H17F3N6O2S.ClH/c1-14-12-20(32-22(27-14)29-21(30-32)23(24,25)26)28-17-8-10-19(11-9-17)35(33,34)31-18-7-6-15-4-2-3-5-16(15)13-18;/h2-13,28,31H,1H3;1H. The molecule has 0 aliphatic rings. The second-order valence-corrected chi connectivity index (χ2v) is 9.43. The molecule has 0 atom stereocenters. The highest BCUT2D eigenvalue weighted by atomic mass is 35.5. The Hall–Kier alpha value is -3.90. The summed E-state index contributed by atoms with van der Waals surface area (Å²) in [6, 6.07) is 20.1. The number of aryl methyl sites for hydroxylation is 1. The maximum Gasteiger partial charge on any atom is 0.453 e. The summed E-state index contributed by atoms with van der Waals surface area (Å²) in [4.78, 5) is 7.44. The molecule has 5 aromatic rings. The molecule has 0 spiro atoms. The third-order valence-corrected chi connectivity index (χ3v) is 6.53. The van der Waals surface area contributed by atoms with Gasteiger partial charge in [-0.2, -0.15) is 22.7 Å². The molecule has 13 heteroatoms. The van der Waals surface area contributed by atoms with Gasteiger partial charge in [-0.25, -0.2) is 13.4 Å². The molecule has 0 unspecified atom stereocenters. The van der Waals surface area contributed by atoms with Crippen LogP contribution >= 0.6 is 12.4 Å². The van der Waals surface area contributed by atoms with Crippen LogP contribution in [0.4, 0.5) is 30.4 Å². The van der Waals surface area contributed by atoms with E-state index in [0.29, 0.717) is 17.1 Å². The molecule has 0 saturated heterocycles. The second-order valence-electron chi connectivity index (χ2n) is 7.74. The number of rotatable bonds is 5. The van der Waals surface area contributed by atoms with Crippen molar-refractivity contribution >= 4 is 56.2 Å². The molecular weight excluding hydrogens is 517 g/mol. The monoisotopic (exact) mass is 534 g/mol. The van der Waals surface area contributed by atoms with Crippen molar-refractivity contribution in [1.29, 1.82) is 0 Å². The molecule has 186 valence electrons. The lowest BCUT2D eigenvalue weighted by molar-refractivity contribution is -0.144. The largest absolute Gasteiger partial charge is 0.453 e. The van der Waals surface area contributed by atoms with E-state index in [0.717, 1.165) is 15.3 Å². The van der Waals surface area contributed by atoms with Gasteiger partial charge in [0.05, 0.1) is 4.90 Å². The van der Waals surface area contributed by atoms with Crippen LogP contribution in [-0.4, -0.2) is 28.0 Å². The fraction of sp³-hybridized carbons (Fsp3) is 0.0870. The Morgan fingerprint density at radius 1 is 0.861 bits per heavy atom. The van der Waals surface area contributed by atoms with Crippen LogP contribution in [0.25, 0.3) is 16.6 Å². The molecule has 2 heterocycles. The maximum absolute atomic E-state index is 13.0. The van der Waals surface area contributed by atoms with Gasteiger partial charge in [-0.05, 0) is 54.1 Å². The van der Waals surface area contributed by atoms with Crippen molar-refractivity contribution in [2.75, 3.05) is 10.0 Å². The number of benzene rings is 3. The molecule has 0 aliphatic heterocycles. The van der Waals surface area contributed by atoms with Gasteiger partial charge in [0.1, 0.15) is 5.82 Å². The zero-order valence-corrected chi connectivity index (χ0v) is 20.1. The quantitative estimate of drug-likeness (QED) is 0.306. The Balaban J connectivity index is 0.00000304. The zero-order valence-electron chi connectivity index (χ0n) is 18.5. The molecule has 0 aliphatic carbocycles. The molecule has 0 saturated carbocycles. The van der Waals surface area contributed by atoms with Gasteiger partial charge in [-0.3, -0.25) is 4.72 Å². The van der Waals surface area contributed by atoms with Gasteiger partial charge in [-0.15, -0.1) is 17.5 Å². The van der Waals surface area contributed by atoms with Crippen molar-refractivity contribution in [3.05, 3.63) is 84.3 Å². The number of fused-ring (bicyclic) bond motifs is 2. The van der Waals surface area contributed by atoms with E-state index < -0.39 is 22.0 Å². The molecule has 0 bridgehead atoms. The van der Waals surface area contributed by atoms with Gasteiger partial charge in [0.2, 0.25) is 0 Å². The van der Waals surface area contributed by atoms with Gasteiger partial charge < -0.3 is 5.32 Å². The minimum atomic E-state index is -4.72. The number of sulfonamides is 1. The van der Waals surface area contributed by atoms with Crippen molar-refractivity contribution in [2.45, 2.75) is 18.0 Å². The third kappa shape index (κ3) is 5.04. The average molecular weight is 535 g/mol. The number of anilines is 3. The number of nitrogens with one attached hydrogen (secondary N) is 2. The summed E-state index contributed by atoms with van der Waals surface area (Å²) >= 11 is 0. The van der Waals surface area contributed by atoms with Crippen LogP contribution in [0.1, 0.15) is 11.5 Å². The molecule has 3 aromatic carbocycles. The molecular formula is C23H18ClF3N6O2S. The van der Waals surface area contributed by atoms with Crippen LogP contribution in [-0.2, 0) is 16.2 Å². The molecule has 0 radical (unpaired) electrons. The fourth-order valence-electron chi connectivity index (χ4n) is 3.53. The molecule has 0 amide bonds. The first-order valence-corrected chi connectivity index (χ1v) is 11.8. The summed E-state index contributed by atoms with van der Waals surface area (Å²) < 4.78 is 68.3. The van der Waals surface area contributed by atoms with Crippen molar-refractivity contribution in [1.82, 2.24) is 19.6 Å². The van der Waals surface area contributed by atoms with Crippen molar-refractivity contribution in [3.63, 3.8) is 0 Å². The van der Waals surface area contributed by atoms with E-state index in [1.54, 1.807) is 19.1 Å². The van der Waals surface area contributed by atoms with Crippen molar-refractivity contribution in [3.8, 4) is 0 Å². The van der Waals surface area contributed by atoms with Crippen LogP contribution in [0.15, 0.2) is 77.7 Å². The van der Waals surface area contributed by atoms with E-state index in [9.17, 15) is 21.6 Å². The van der Waals surface area contributed by atoms with Crippen LogP contribution in [0, 0.1) is 6.92 Å². The molecule has 36 heavy (non-hydrogen) atoms. The third-order valence-electron chi connectivity index (χ3n) is 5.13. The second kappa shape index (κ2) is 9.28. The molecule has 2 aromatic heterocycles. The molecule has 2 N–H and O–H groups in total. The summed E-state index contributed by atoms with van der Waals surface area (Å²) in [6.45, 7) is 1.61. The fourth-order valence-corrected chi connectivity index (χ4v) is 4.58. The average Bonchev–Trinajstić information content (AvgIpc) is 3.24. The minimum Gasteiger partial charge on any atom is -0.340 e. The van der Waals surface area contributed by atoms with Crippen molar-refractivity contribution in [2.24, 2.45) is 0 Å². The first kappa shape index (κ1) is 25.2. The highest BCUT2D eigenvalue weighted by Crippen LogP contribution is 2.28. The Morgan fingerprint density at radius 3 is 2.22 bits per heavy atom. The summed E-state index contributed by atoms with van der Waals surface area (Å²) in [7, 11) is -3.87. The lowest BCUT2D eigenvalue weighted by Crippen LogP contribution is -2.13. The number of hydrogen-bond acceptors (Lipinski definition) is 6. The van der Waals surface area contributed by atoms with Gasteiger partial charge in [0.25, 0.3) is 21.6 Å². The van der Waals surface area contributed by atoms with Crippen molar-refractivity contribution < 1.29 is 21.6 Å². The van der Waals surface area contributed by atoms with Gasteiger partial charge in [-0.1, -0.05) is 30.3 Å². The maximum atomic E-state index is 13.0. The number of aromatic nitrogens is 4. The highest BCUT2D eigenvalue weighted by molar-refractivity contribution is 7.92. The van der Waals surface area contributed by atoms with Crippen LogP contribution in [0.2, 0.25) is 0 Å². The predicted octanol–water partition coefficient (Wildman–Crippen LogP) is 5.57. The highest BCUT2D eigenvalue weighted by Gasteiger charge is 2.36. The normalized spacial score (nSPS) is 11.9. The Labute approximate surface area is 209 Å². The first-order chi connectivity index (χ1) is 16.6. The Bertz CT molecular complexity index is 1670. The summed E-state index contributed by atoms with van der Waals surface area (Å²) in [5, 5.41) is 8.32. The zero-order chi connectivity index (χ0) is 24.8. The number of hydrogen-bond donors (Lipinski definition) is 2. The Morgan fingerprint density at radius 2 is 1.53 bits per heavy atom. The summed E-state index contributed by atoms with van der Waals surface area (Å²) in [6.07, 6.45) is -4.72. The van der Waals surface area contributed by atoms with Crippen LogP contribution in [0.3, 0.4) is 0 Å². The van der Waals surface area contributed by atoms with Gasteiger partial charge >= 0.3 is 6.18 Å². The minimum absolute atomic E-state index is 0. The van der Waals surface area contributed by atoms with E-state index >= 15 is 0 Å². The van der Waals surface area contributed by atoms with E-state index in [-0.39, 0.29) is 28.9 Å².